The van der Waals surface area contributed by atoms with E-state index in [4.69, 9.17) is 21.7 Å². The van der Waals surface area contributed by atoms with Crippen LogP contribution in [0, 0.1) is 11.3 Å². The van der Waals surface area contributed by atoms with Crippen LogP contribution in [0.5, 0.6) is 5.75 Å². The molecule has 156 valence electrons. The molecular weight excluding hydrogens is 372 g/mol. The highest BCUT2D eigenvalue weighted by molar-refractivity contribution is 7.80. The van der Waals surface area contributed by atoms with Crippen LogP contribution in [-0.2, 0) is 4.74 Å². The van der Waals surface area contributed by atoms with Crippen molar-refractivity contribution in [2.24, 2.45) is 11.3 Å². The average molecular weight is 407 g/mol. The van der Waals surface area contributed by atoms with Crippen molar-refractivity contribution in [2.75, 3.05) is 19.8 Å². The topological polar surface area (TPSA) is 59.6 Å². The number of rotatable bonds is 7. The van der Waals surface area contributed by atoms with Crippen LogP contribution in [0.3, 0.4) is 0 Å². The molecule has 6 heteroatoms. The van der Waals surface area contributed by atoms with Crippen LogP contribution >= 0.6 is 12.2 Å². The predicted molar refractivity (Wildman–Crippen MR) is 117 cm³/mol. The number of hydrogen-bond donors (Lipinski definition) is 2. The van der Waals surface area contributed by atoms with Gasteiger partial charge in [0.1, 0.15) is 12.4 Å². The fourth-order valence-electron chi connectivity index (χ4n) is 3.63. The third-order valence-corrected chi connectivity index (χ3v) is 5.56. The zero-order valence-corrected chi connectivity index (χ0v) is 18.4. The second-order valence-electron chi connectivity index (χ2n) is 8.38. The van der Waals surface area contributed by atoms with Crippen molar-refractivity contribution in [1.82, 2.24) is 10.6 Å². The molecule has 1 aliphatic carbocycles. The summed E-state index contributed by atoms with van der Waals surface area (Å²) >= 11 is 5.38. The van der Waals surface area contributed by atoms with Gasteiger partial charge in [-0.2, -0.15) is 0 Å². The number of amides is 1. The van der Waals surface area contributed by atoms with Crippen LogP contribution in [0.15, 0.2) is 24.3 Å². The van der Waals surface area contributed by atoms with E-state index in [1.165, 1.54) is 12.8 Å². The van der Waals surface area contributed by atoms with Gasteiger partial charge in [0.05, 0.1) is 12.2 Å². The number of benzene rings is 1. The number of carbonyl (C=O) groups is 1. The van der Waals surface area contributed by atoms with Gasteiger partial charge in [0, 0.05) is 12.6 Å². The highest BCUT2D eigenvalue weighted by atomic mass is 32.1. The fourth-order valence-corrected chi connectivity index (χ4v) is 3.89. The van der Waals surface area contributed by atoms with Gasteiger partial charge in [0.15, 0.2) is 5.11 Å². The zero-order valence-electron chi connectivity index (χ0n) is 17.5. The van der Waals surface area contributed by atoms with Crippen molar-refractivity contribution in [3.63, 3.8) is 0 Å². The summed E-state index contributed by atoms with van der Waals surface area (Å²) in [4.78, 5) is 12.6. The smallest absolute Gasteiger partial charge is 0.261 e. The molecule has 1 aromatic rings. The van der Waals surface area contributed by atoms with E-state index in [9.17, 15) is 4.79 Å². The first-order chi connectivity index (χ1) is 13.3. The third kappa shape index (κ3) is 7.06. The van der Waals surface area contributed by atoms with E-state index in [0.717, 1.165) is 18.8 Å². The molecule has 2 rings (SSSR count). The van der Waals surface area contributed by atoms with Crippen LogP contribution in [0.2, 0.25) is 0 Å². The Morgan fingerprint density at radius 2 is 1.82 bits per heavy atom. The van der Waals surface area contributed by atoms with Gasteiger partial charge >= 0.3 is 0 Å². The van der Waals surface area contributed by atoms with Gasteiger partial charge in [-0.1, -0.05) is 32.9 Å². The molecule has 0 bridgehead atoms. The molecule has 0 unspecified atom stereocenters. The highest BCUT2D eigenvalue weighted by Crippen LogP contribution is 2.37. The molecule has 0 atom stereocenters. The molecule has 1 aromatic carbocycles. The van der Waals surface area contributed by atoms with Crippen molar-refractivity contribution in [2.45, 2.75) is 59.4 Å². The SMILES string of the molecule is CCOCCOc1ccccc1C(=O)NC(=S)NC1CCC(C(C)(C)C)CC1. The molecule has 0 saturated heterocycles. The van der Waals surface area contributed by atoms with E-state index in [2.05, 4.69) is 31.4 Å². The van der Waals surface area contributed by atoms with Crippen molar-refractivity contribution in [1.29, 1.82) is 0 Å². The minimum absolute atomic E-state index is 0.257. The Labute approximate surface area is 174 Å². The minimum Gasteiger partial charge on any atom is -0.490 e. The lowest BCUT2D eigenvalue weighted by Gasteiger charge is -2.37. The van der Waals surface area contributed by atoms with Gasteiger partial charge in [-0.3, -0.25) is 10.1 Å². The van der Waals surface area contributed by atoms with E-state index < -0.39 is 0 Å². The summed E-state index contributed by atoms with van der Waals surface area (Å²) in [6.07, 6.45) is 4.53. The summed E-state index contributed by atoms with van der Waals surface area (Å²) < 4.78 is 11.0. The number of thiocarbonyl (C=S) groups is 1. The Balaban J connectivity index is 1.84. The van der Waals surface area contributed by atoms with Crippen LogP contribution in [0.4, 0.5) is 0 Å². The summed E-state index contributed by atoms with van der Waals surface area (Å²) in [5.74, 6) is 1.02. The van der Waals surface area contributed by atoms with Gasteiger partial charge in [0.25, 0.3) is 5.91 Å². The molecule has 1 aliphatic rings. The van der Waals surface area contributed by atoms with Gasteiger partial charge in [-0.05, 0) is 68.3 Å². The molecule has 5 nitrogen and oxygen atoms in total. The first kappa shape index (κ1) is 22.6. The number of hydrogen-bond acceptors (Lipinski definition) is 4. The summed E-state index contributed by atoms with van der Waals surface area (Å²) in [6.45, 7) is 10.4. The normalized spacial score (nSPS) is 19.7. The Morgan fingerprint density at radius 1 is 1.14 bits per heavy atom. The van der Waals surface area contributed by atoms with Crippen molar-refractivity contribution in [3.05, 3.63) is 29.8 Å². The first-order valence-electron chi connectivity index (χ1n) is 10.2. The molecule has 1 amide bonds. The number of para-hydroxylation sites is 1. The maximum Gasteiger partial charge on any atom is 0.261 e. The van der Waals surface area contributed by atoms with E-state index in [0.29, 0.717) is 47.7 Å². The second kappa shape index (κ2) is 10.8. The molecule has 2 N–H and O–H groups in total. The van der Waals surface area contributed by atoms with Crippen LogP contribution in [0.25, 0.3) is 0 Å². The van der Waals surface area contributed by atoms with Gasteiger partial charge < -0.3 is 14.8 Å². The van der Waals surface area contributed by atoms with Crippen LogP contribution in [0.1, 0.15) is 63.7 Å². The summed E-state index contributed by atoms with van der Waals surface area (Å²) in [6, 6.07) is 7.50. The Hall–Kier alpha value is -1.66. The van der Waals surface area contributed by atoms with Crippen LogP contribution in [-0.4, -0.2) is 36.9 Å². The lowest BCUT2D eigenvalue weighted by Crippen LogP contribution is -2.46. The lowest BCUT2D eigenvalue weighted by molar-refractivity contribution is 0.0957. The molecule has 0 spiro atoms. The Kier molecular flexibility index (Phi) is 8.70. The largest absolute Gasteiger partial charge is 0.490 e. The summed E-state index contributed by atoms with van der Waals surface area (Å²) in [5.41, 5.74) is 0.825. The van der Waals surface area contributed by atoms with E-state index in [-0.39, 0.29) is 5.91 Å². The molecular formula is C22H34N2O3S. The first-order valence-corrected chi connectivity index (χ1v) is 10.6. The Bertz CT molecular complexity index is 649. The number of ether oxygens (including phenoxy) is 2. The predicted octanol–water partition coefficient (Wildman–Crippen LogP) is 4.31. The molecule has 1 saturated carbocycles. The highest BCUT2D eigenvalue weighted by Gasteiger charge is 2.30. The van der Waals surface area contributed by atoms with Crippen LogP contribution < -0.4 is 15.4 Å². The average Bonchev–Trinajstić information content (AvgIpc) is 2.65. The van der Waals surface area contributed by atoms with Crippen molar-refractivity contribution >= 4 is 23.2 Å². The van der Waals surface area contributed by atoms with Crippen molar-refractivity contribution in [3.8, 4) is 5.75 Å². The minimum atomic E-state index is -0.257. The second-order valence-corrected chi connectivity index (χ2v) is 8.79. The maximum atomic E-state index is 12.6. The molecule has 0 heterocycles. The number of nitrogens with one attached hydrogen (secondary N) is 2. The zero-order chi connectivity index (χ0) is 20.6. The van der Waals surface area contributed by atoms with E-state index >= 15 is 0 Å². The lowest BCUT2D eigenvalue weighted by atomic mass is 9.71. The fraction of sp³-hybridized carbons (Fsp3) is 0.636. The maximum absolute atomic E-state index is 12.6. The Morgan fingerprint density at radius 3 is 2.46 bits per heavy atom. The third-order valence-electron chi connectivity index (χ3n) is 5.34. The standard InChI is InChI=1S/C22H34N2O3S/c1-5-26-14-15-27-19-9-7-6-8-18(19)20(25)24-21(28)23-17-12-10-16(11-13-17)22(2,3)4/h6-9,16-17H,5,10-15H2,1-4H3,(H2,23,24,25,28). The molecule has 1 fully saturated rings. The monoisotopic (exact) mass is 406 g/mol. The van der Waals surface area contributed by atoms with E-state index in [1.54, 1.807) is 12.1 Å². The molecule has 0 aliphatic heterocycles. The van der Waals surface area contributed by atoms with Gasteiger partial charge in [-0.25, -0.2) is 0 Å². The number of carbonyl (C=O) groups excluding carboxylic acids is 1. The van der Waals surface area contributed by atoms with Gasteiger partial charge in [-0.15, -0.1) is 0 Å². The molecule has 0 radical (unpaired) electrons. The quantitative estimate of drug-likeness (QED) is 0.522. The van der Waals surface area contributed by atoms with Gasteiger partial charge in [0.2, 0.25) is 0 Å². The van der Waals surface area contributed by atoms with Crippen molar-refractivity contribution < 1.29 is 14.3 Å². The van der Waals surface area contributed by atoms with E-state index in [1.807, 2.05) is 19.1 Å². The molecule has 28 heavy (non-hydrogen) atoms. The summed E-state index contributed by atoms with van der Waals surface area (Å²) in [5, 5.41) is 6.49. The molecule has 0 aromatic heterocycles. The summed E-state index contributed by atoms with van der Waals surface area (Å²) in [7, 11) is 0.